The van der Waals surface area contributed by atoms with Crippen molar-refractivity contribution in [3.8, 4) is 5.75 Å². The highest BCUT2D eigenvalue weighted by Crippen LogP contribution is 2.22. The molecular weight excluding hydrogens is 246 g/mol. The molecule has 0 aromatic carbocycles. The van der Waals surface area contributed by atoms with Crippen molar-refractivity contribution in [3.63, 3.8) is 0 Å². The van der Waals surface area contributed by atoms with Crippen LogP contribution in [0.3, 0.4) is 0 Å². The van der Waals surface area contributed by atoms with Crippen molar-refractivity contribution >= 4 is 11.3 Å². The van der Waals surface area contributed by atoms with Crippen LogP contribution in [0.2, 0.25) is 0 Å². The van der Waals surface area contributed by atoms with Gasteiger partial charge in [0.2, 0.25) is 0 Å². The van der Waals surface area contributed by atoms with Crippen molar-refractivity contribution in [3.05, 3.63) is 33.8 Å². The van der Waals surface area contributed by atoms with Crippen LogP contribution in [0.5, 0.6) is 5.75 Å². The predicted octanol–water partition coefficient (Wildman–Crippen LogP) is 2.70. The highest BCUT2D eigenvalue weighted by molar-refractivity contribution is 7.12. The van der Waals surface area contributed by atoms with E-state index in [9.17, 15) is 0 Å². The summed E-state index contributed by atoms with van der Waals surface area (Å²) >= 11 is 1.74. The second-order valence-electron chi connectivity index (χ2n) is 4.23. The molecule has 0 fully saturated rings. The van der Waals surface area contributed by atoms with E-state index in [1.807, 2.05) is 10.9 Å². The topological polar surface area (TPSA) is 53.1 Å². The first-order valence-electron chi connectivity index (χ1n) is 6.16. The van der Waals surface area contributed by atoms with Crippen molar-refractivity contribution in [2.45, 2.75) is 40.0 Å². The van der Waals surface area contributed by atoms with Gasteiger partial charge in [0.15, 0.2) is 5.75 Å². The molecule has 0 unspecified atom stereocenters. The van der Waals surface area contributed by atoms with Crippen LogP contribution >= 0.6 is 11.3 Å². The molecule has 4 nitrogen and oxygen atoms in total. The van der Waals surface area contributed by atoms with Crippen LogP contribution in [-0.4, -0.2) is 9.78 Å². The first-order chi connectivity index (χ1) is 8.72. The lowest BCUT2D eigenvalue weighted by Crippen LogP contribution is -1.97. The highest BCUT2D eigenvalue weighted by atomic mass is 32.1. The van der Waals surface area contributed by atoms with E-state index in [0.29, 0.717) is 13.2 Å². The average Bonchev–Trinajstić information content (AvgIpc) is 2.94. The molecule has 2 aromatic rings. The van der Waals surface area contributed by atoms with Gasteiger partial charge in [0.05, 0.1) is 12.4 Å². The standard InChI is InChI=1S/C13H19N3OS/c1-3-4-16-8-12(7-15-16)17-9-11-5-13(6-14)18-10(11)2/h5,7-8H,3-4,6,9,14H2,1-2H3. The molecule has 18 heavy (non-hydrogen) atoms. The minimum Gasteiger partial charge on any atom is -0.486 e. The van der Waals surface area contributed by atoms with Gasteiger partial charge in [-0.25, -0.2) is 0 Å². The van der Waals surface area contributed by atoms with Crippen LogP contribution in [0.25, 0.3) is 0 Å². The Hall–Kier alpha value is -1.33. The summed E-state index contributed by atoms with van der Waals surface area (Å²) in [4.78, 5) is 2.48. The molecule has 0 bridgehead atoms. The Bertz CT molecular complexity index is 504. The number of rotatable bonds is 6. The fourth-order valence-corrected chi connectivity index (χ4v) is 2.69. The summed E-state index contributed by atoms with van der Waals surface area (Å²) < 4.78 is 7.64. The van der Waals surface area contributed by atoms with E-state index < -0.39 is 0 Å². The maximum absolute atomic E-state index is 5.74. The molecule has 2 rings (SSSR count). The van der Waals surface area contributed by atoms with E-state index in [2.05, 4.69) is 25.0 Å². The Balaban J connectivity index is 1.95. The maximum atomic E-state index is 5.74. The normalized spacial score (nSPS) is 10.8. The van der Waals surface area contributed by atoms with Gasteiger partial charge in [-0.15, -0.1) is 11.3 Å². The van der Waals surface area contributed by atoms with Crippen molar-refractivity contribution in [2.24, 2.45) is 5.73 Å². The second kappa shape index (κ2) is 6.02. The number of aromatic nitrogens is 2. The molecule has 0 spiro atoms. The molecule has 0 aliphatic carbocycles. The van der Waals surface area contributed by atoms with Crippen LogP contribution < -0.4 is 10.5 Å². The smallest absolute Gasteiger partial charge is 0.157 e. The largest absolute Gasteiger partial charge is 0.486 e. The molecule has 0 saturated heterocycles. The number of hydrogen-bond donors (Lipinski definition) is 1. The first-order valence-corrected chi connectivity index (χ1v) is 6.98. The third-order valence-electron chi connectivity index (χ3n) is 2.73. The molecule has 0 aliphatic heterocycles. The van der Waals surface area contributed by atoms with Crippen molar-refractivity contribution in [1.29, 1.82) is 0 Å². The average molecular weight is 265 g/mol. The van der Waals surface area contributed by atoms with E-state index in [-0.39, 0.29) is 0 Å². The molecule has 0 aliphatic rings. The van der Waals surface area contributed by atoms with Crippen molar-refractivity contribution in [2.75, 3.05) is 0 Å². The van der Waals surface area contributed by atoms with Crippen LogP contribution in [0.4, 0.5) is 0 Å². The monoisotopic (exact) mass is 265 g/mol. The fraction of sp³-hybridized carbons (Fsp3) is 0.462. The molecule has 98 valence electrons. The minimum absolute atomic E-state index is 0.583. The van der Waals surface area contributed by atoms with Gasteiger partial charge in [-0.3, -0.25) is 4.68 Å². The van der Waals surface area contributed by atoms with Gasteiger partial charge in [-0.1, -0.05) is 6.92 Å². The van der Waals surface area contributed by atoms with Crippen molar-refractivity contribution in [1.82, 2.24) is 9.78 Å². The molecule has 0 saturated carbocycles. The molecular formula is C13H19N3OS. The lowest BCUT2D eigenvalue weighted by molar-refractivity contribution is 0.305. The number of hydrogen-bond acceptors (Lipinski definition) is 4. The number of aryl methyl sites for hydroxylation is 2. The van der Waals surface area contributed by atoms with Crippen LogP contribution in [0.1, 0.15) is 28.7 Å². The van der Waals surface area contributed by atoms with E-state index in [4.69, 9.17) is 10.5 Å². The molecule has 2 N–H and O–H groups in total. The zero-order valence-electron chi connectivity index (χ0n) is 10.8. The third-order valence-corrected chi connectivity index (χ3v) is 3.84. The van der Waals surface area contributed by atoms with Gasteiger partial charge in [-0.2, -0.15) is 5.10 Å². The zero-order chi connectivity index (χ0) is 13.0. The molecule has 2 heterocycles. The third kappa shape index (κ3) is 3.11. The number of nitrogens with zero attached hydrogens (tertiary/aromatic N) is 2. The van der Waals surface area contributed by atoms with E-state index in [1.54, 1.807) is 17.5 Å². The molecule has 5 heteroatoms. The minimum atomic E-state index is 0.583. The second-order valence-corrected chi connectivity index (χ2v) is 5.57. The molecule has 0 radical (unpaired) electrons. The molecule has 2 aromatic heterocycles. The van der Waals surface area contributed by atoms with Gasteiger partial charge in [0.1, 0.15) is 6.61 Å². The highest BCUT2D eigenvalue weighted by Gasteiger charge is 2.06. The summed E-state index contributed by atoms with van der Waals surface area (Å²) in [5.41, 5.74) is 6.84. The Morgan fingerprint density at radius 2 is 2.33 bits per heavy atom. The predicted molar refractivity (Wildman–Crippen MR) is 73.8 cm³/mol. The van der Waals surface area contributed by atoms with Gasteiger partial charge < -0.3 is 10.5 Å². The summed E-state index contributed by atoms with van der Waals surface area (Å²) in [6.07, 6.45) is 4.78. The number of ether oxygens (including phenoxy) is 1. The Kier molecular flexibility index (Phi) is 4.38. The zero-order valence-corrected chi connectivity index (χ0v) is 11.7. The SMILES string of the molecule is CCCn1cc(OCc2cc(CN)sc2C)cn1. The Morgan fingerprint density at radius 1 is 1.50 bits per heavy atom. The summed E-state index contributed by atoms with van der Waals surface area (Å²) in [7, 11) is 0. The molecule has 0 amide bonds. The fourth-order valence-electron chi connectivity index (χ4n) is 1.76. The van der Waals surface area contributed by atoms with Crippen molar-refractivity contribution < 1.29 is 4.74 Å². The summed E-state index contributed by atoms with van der Waals surface area (Å²) in [6, 6.07) is 2.12. The Morgan fingerprint density at radius 3 is 3.00 bits per heavy atom. The van der Waals surface area contributed by atoms with Gasteiger partial charge >= 0.3 is 0 Å². The number of thiophene rings is 1. The summed E-state index contributed by atoms with van der Waals surface area (Å²) in [5, 5.41) is 4.24. The van der Waals surface area contributed by atoms with Crippen LogP contribution in [0.15, 0.2) is 18.5 Å². The van der Waals surface area contributed by atoms with Crippen LogP contribution in [0, 0.1) is 6.92 Å². The van der Waals surface area contributed by atoms with Crippen LogP contribution in [-0.2, 0) is 19.7 Å². The Labute approximate surface area is 111 Å². The molecule has 0 atom stereocenters. The lowest BCUT2D eigenvalue weighted by Gasteiger charge is -2.02. The van der Waals surface area contributed by atoms with E-state index >= 15 is 0 Å². The van der Waals surface area contributed by atoms with E-state index in [1.165, 1.54) is 15.3 Å². The van der Waals surface area contributed by atoms with E-state index in [0.717, 1.165) is 18.7 Å². The number of nitrogens with two attached hydrogens (primary N) is 1. The van der Waals surface area contributed by atoms with Gasteiger partial charge in [0, 0.05) is 28.4 Å². The summed E-state index contributed by atoms with van der Waals surface area (Å²) in [6.45, 7) is 6.34. The summed E-state index contributed by atoms with van der Waals surface area (Å²) in [5.74, 6) is 0.823. The van der Waals surface area contributed by atoms with Gasteiger partial charge in [-0.05, 0) is 19.4 Å². The maximum Gasteiger partial charge on any atom is 0.157 e. The lowest BCUT2D eigenvalue weighted by atomic mass is 10.2. The van der Waals surface area contributed by atoms with Gasteiger partial charge in [0.25, 0.3) is 0 Å². The quantitative estimate of drug-likeness (QED) is 0.873. The first kappa shape index (κ1) is 13.1.